The van der Waals surface area contributed by atoms with Crippen molar-refractivity contribution in [3.8, 4) is 0 Å². The lowest BCUT2D eigenvalue weighted by Gasteiger charge is -2.21. The molecule has 18 heavy (non-hydrogen) atoms. The van der Waals surface area contributed by atoms with Gasteiger partial charge in [-0.05, 0) is 36.5 Å². The molecule has 1 aliphatic carbocycles. The minimum atomic E-state index is -0.455. The van der Waals surface area contributed by atoms with Gasteiger partial charge in [0.2, 0.25) is 0 Å². The van der Waals surface area contributed by atoms with Crippen molar-refractivity contribution < 1.29 is 9.84 Å². The Morgan fingerprint density at radius 1 is 1.39 bits per heavy atom. The molecule has 0 radical (unpaired) electrons. The molecule has 0 aromatic heterocycles. The van der Waals surface area contributed by atoms with Gasteiger partial charge >= 0.3 is 0 Å². The van der Waals surface area contributed by atoms with Gasteiger partial charge in [0.25, 0.3) is 0 Å². The fourth-order valence-corrected chi connectivity index (χ4v) is 2.30. The van der Waals surface area contributed by atoms with Crippen LogP contribution in [0.2, 0.25) is 5.02 Å². The number of methoxy groups -OCH3 is 1. The molecule has 1 fully saturated rings. The lowest BCUT2D eigenvalue weighted by Crippen LogP contribution is -2.33. The monoisotopic (exact) mass is 269 g/mol. The van der Waals surface area contributed by atoms with E-state index < -0.39 is 6.10 Å². The van der Waals surface area contributed by atoms with Gasteiger partial charge in [-0.25, -0.2) is 0 Å². The van der Waals surface area contributed by atoms with Crippen LogP contribution < -0.4 is 5.32 Å². The van der Waals surface area contributed by atoms with Crippen LogP contribution in [0.25, 0.3) is 0 Å². The maximum absolute atomic E-state index is 9.68. The maximum Gasteiger partial charge on any atom is 0.0897 e. The van der Waals surface area contributed by atoms with E-state index in [1.54, 1.807) is 7.11 Å². The molecule has 0 saturated heterocycles. The molecule has 100 valence electrons. The lowest BCUT2D eigenvalue weighted by molar-refractivity contribution is 0.0621. The summed E-state index contributed by atoms with van der Waals surface area (Å²) in [6, 6.07) is 8.26. The zero-order valence-electron chi connectivity index (χ0n) is 10.6. The minimum Gasteiger partial charge on any atom is -0.389 e. The summed E-state index contributed by atoms with van der Waals surface area (Å²) in [5.74, 6) is 0.681. The Morgan fingerprint density at radius 3 is 2.61 bits per heavy atom. The third-order valence-electron chi connectivity index (χ3n) is 3.25. The van der Waals surface area contributed by atoms with Crippen LogP contribution >= 0.6 is 11.6 Å². The molecule has 0 bridgehead atoms. The van der Waals surface area contributed by atoms with Crippen LogP contribution in [0.5, 0.6) is 0 Å². The van der Waals surface area contributed by atoms with E-state index in [2.05, 4.69) is 17.4 Å². The summed E-state index contributed by atoms with van der Waals surface area (Å²) in [6.45, 7) is 0.919. The first-order chi connectivity index (χ1) is 8.70. The number of halogens is 1. The summed E-state index contributed by atoms with van der Waals surface area (Å²) in [5, 5.41) is 13.9. The van der Waals surface area contributed by atoms with Crippen LogP contribution in [0.3, 0.4) is 0 Å². The summed E-state index contributed by atoms with van der Waals surface area (Å²) < 4.78 is 4.93. The average Bonchev–Trinajstić information content (AvgIpc) is 3.16. The van der Waals surface area contributed by atoms with Crippen molar-refractivity contribution in [3.05, 3.63) is 34.9 Å². The second-order valence-corrected chi connectivity index (χ2v) is 5.32. The number of aliphatic hydroxyl groups excluding tert-OH is 1. The SMILES string of the molecule is COCC(O)CNC(c1ccc(Cl)cc1)C1CC1. The molecule has 0 heterocycles. The van der Waals surface area contributed by atoms with Gasteiger partial charge in [0.1, 0.15) is 0 Å². The predicted molar refractivity (Wildman–Crippen MR) is 72.8 cm³/mol. The summed E-state index contributed by atoms with van der Waals surface area (Å²) in [4.78, 5) is 0. The van der Waals surface area contributed by atoms with E-state index in [0.29, 0.717) is 25.1 Å². The van der Waals surface area contributed by atoms with Crippen LogP contribution in [0.1, 0.15) is 24.4 Å². The molecule has 2 unspecified atom stereocenters. The third kappa shape index (κ3) is 3.95. The zero-order valence-corrected chi connectivity index (χ0v) is 11.4. The Balaban J connectivity index is 1.94. The van der Waals surface area contributed by atoms with Gasteiger partial charge in [-0.3, -0.25) is 0 Å². The molecule has 0 amide bonds. The zero-order chi connectivity index (χ0) is 13.0. The maximum atomic E-state index is 9.68. The van der Waals surface area contributed by atoms with Gasteiger partial charge in [-0.15, -0.1) is 0 Å². The Morgan fingerprint density at radius 2 is 2.06 bits per heavy atom. The smallest absolute Gasteiger partial charge is 0.0897 e. The van der Waals surface area contributed by atoms with Crippen LogP contribution in [0, 0.1) is 5.92 Å². The van der Waals surface area contributed by atoms with E-state index >= 15 is 0 Å². The quantitative estimate of drug-likeness (QED) is 0.799. The largest absolute Gasteiger partial charge is 0.389 e. The van der Waals surface area contributed by atoms with E-state index in [1.807, 2.05) is 12.1 Å². The Kier molecular flexibility index (Phi) is 5.01. The lowest BCUT2D eigenvalue weighted by atomic mass is 10.0. The molecule has 0 spiro atoms. The van der Waals surface area contributed by atoms with Gasteiger partial charge in [-0.2, -0.15) is 0 Å². The van der Waals surface area contributed by atoms with Crippen molar-refractivity contribution in [3.63, 3.8) is 0 Å². The molecule has 0 aliphatic heterocycles. The Hall–Kier alpha value is -0.610. The molecule has 3 nitrogen and oxygen atoms in total. The highest BCUT2D eigenvalue weighted by molar-refractivity contribution is 6.30. The van der Waals surface area contributed by atoms with E-state index in [0.717, 1.165) is 5.02 Å². The fraction of sp³-hybridized carbons (Fsp3) is 0.571. The summed E-state index contributed by atoms with van der Waals surface area (Å²) in [5.41, 5.74) is 1.24. The Labute approximate surface area is 113 Å². The van der Waals surface area contributed by atoms with Crippen LogP contribution in [-0.2, 0) is 4.74 Å². The summed E-state index contributed by atoms with van der Waals surface area (Å²) >= 11 is 5.90. The number of nitrogens with one attached hydrogen (secondary N) is 1. The number of rotatable bonds is 7. The first-order valence-electron chi connectivity index (χ1n) is 6.36. The van der Waals surface area contributed by atoms with Gasteiger partial charge in [0, 0.05) is 24.7 Å². The molecule has 1 saturated carbocycles. The van der Waals surface area contributed by atoms with Crippen LogP contribution in [0.15, 0.2) is 24.3 Å². The number of ether oxygens (including phenoxy) is 1. The number of hydrogen-bond acceptors (Lipinski definition) is 3. The predicted octanol–water partition coefficient (Wildman–Crippen LogP) is 2.39. The van der Waals surface area contributed by atoms with E-state index in [1.165, 1.54) is 18.4 Å². The number of benzene rings is 1. The average molecular weight is 270 g/mol. The highest BCUT2D eigenvalue weighted by atomic mass is 35.5. The molecule has 2 atom stereocenters. The molecular weight excluding hydrogens is 250 g/mol. The van der Waals surface area contributed by atoms with Crippen molar-refractivity contribution in [1.82, 2.24) is 5.32 Å². The number of hydrogen-bond donors (Lipinski definition) is 2. The summed E-state index contributed by atoms with van der Waals surface area (Å²) in [6.07, 6.45) is 2.05. The molecule has 1 aliphatic rings. The molecule has 1 aromatic carbocycles. The van der Waals surface area contributed by atoms with E-state index in [9.17, 15) is 5.11 Å². The van der Waals surface area contributed by atoms with E-state index in [4.69, 9.17) is 16.3 Å². The van der Waals surface area contributed by atoms with Gasteiger partial charge in [0.05, 0.1) is 12.7 Å². The van der Waals surface area contributed by atoms with Crippen molar-refractivity contribution in [1.29, 1.82) is 0 Å². The molecule has 2 N–H and O–H groups in total. The van der Waals surface area contributed by atoms with Crippen molar-refractivity contribution >= 4 is 11.6 Å². The first-order valence-corrected chi connectivity index (χ1v) is 6.74. The molecule has 1 aromatic rings. The van der Waals surface area contributed by atoms with E-state index in [-0.39, 0.29) is 0 Å². The summed E-state index contributed by atoms with van der Waals surface area (Å²) in [7, 11) is 1.60. The van der Waals surface area contributed by atoms with Crippen LogP contribution in [-0.4, -0.2) is 31.5 Å². The minimum absolute atomic E-state index is 0.314. The molecule has 2 rings (SSSR count). The standard InChI is InChI=1S/C14H20ClNO2/c1-18-9-13(17)8-16-14(10-2-3-10)11-4-6-12(15)7-5-11/h4-7,10,13-14,16-17H,2-3,8-9H2,1H3. The van der Waals surface area contributed by atoms with Crippen molar-refractivity contribution in [2.24, 2.45) is 5.92 Å². The fourth-order valence-electron chi connectivity index (χ4n) is 2.17. The third-order valence-corrected chi connectivity index (χ3v) is 3.51. The van der Waals surface area contributed by atoms with Crippen LogP contribution in [0.4, 0.5) is 0 Å². The highest BCUT2D eigenvalue weighted by Crippen LogP contribution is 2.41. The number of aliphatic hydroxyl groups is 1. The van der Waals surface area contributed by atoms with Gasteiger partial charge < -0.3 is 15.2 Å². The second-order valence-electron chi connectivity index (χ2n) is 4.88. The van der Waals surface area contributed by atoms with Gasteiger partial charge in [0.15, 0.2) is 0 Å². The van der Waals surface area contributed by atoms with Gasteiger partial charge in [-0.1, -0.05) is 23.7 Å². The first kappa shape index (κ1) is 13.8. The van der Waals surface area contributed by atoms with Crippen molar-refractivity contribution in [2.45, 2.75) is 25.0 Å². The molecule has 4 heteroatoms. The normalized spacial score (nSPS) is 18.6. The highest BCUT2D eigenvalue weighted by Gasteiger charge is 2.32. The topological polar surface area (TPSA) is 41.5 Å². The Bertz CT molecular complexity index is 365. The molecular formula is C14H20ClNO2. The van der Waals surface area contributed by atoms with Crippen molar-refractivity contribution in [2.75, 3.05) is 20.3 Å². The second kappa shape index (κ2) is 6.53.